The average molecular weight is 488 g/mol. The van der Waals surface area contributed by atoms with Gasteiger partial charge in [-0.05, 0) is 37.5 Å². The summed E-state index contributed by atoms with van der Waals surface area (Å²) in [4.78, 5) is 28.6. The van der Waals surface area contributed by atoms with Crippen LogP contribution in [-0.2, 0) is 9.53 Å². The Hall–Kier alpha value is -2.33. The Morgan fingerprint density at radius 1 is 1.26 bits per heavy atom. The molecule has 0 fully saturated rings. The maximum Gasteiger partial charge on any atom is 0.390 e. The molecule has 0 aliphatic carbocycles. The van der Waals surface area contributed by atoms with E-state index in [1.165, 1.54) is 12.0 Å². The average Bonchev–Trinajstić information content (AvgIpc) is 2.77. The molecule has 10 heteroatoms. The van der Waals surface area contributed by atoms with Crippen LogP contribution in [0, 0.1) is 5.92 Å². The number of fused-ring (bicyclic) bond motifs is 1. The van der Waals surface area contributed by atoms with E-state index in [-0.39, 0.29) is 55.1 Å². The van der Waals surface area contributed by atoms with E-state index in [1.807, 2.05) is 20.8 Å². The monoisotopic (exact) mass is 487 g/mol. The van der Waals surface area contributed by atoms with E-state index in [0.717, 1.165) is 0 Å². The lowest BCUT2D eigenvalue weighted by Crippen LogP contribution is -2.47. The number of alkyl halides is 3. The summed E-state index contributed by atoms with van der Waals surface area (Å²) >= 11 is 0. The zero-order valence-electron chi connectivity index (χ0n) is 20.6. The fourth-order valence-electron chi connectivity index (χ4n) is 3.96. The zero-order valence-corrected chi connectivity index (χ0v) is 20.6. The van der Waals surface area contributed by atoms with Crippen LogP contribution in [0.4, 0.5) is 18.9 Å². The van der Waals surface area contributed by atoms with Crippen LogP contribution in [0.25, 0.3) is 0 Å². The van der Waals surface area contributed by atoms with Crippen molar-refractivity contribution in [2.24, 2.45) is 5.92 Å². The van der Waals surface area contributed by atoms with Crippen LogP contribution >= 0.6 is 0 Å². The topological polar surface area (TPSA) is 71.1 Å². The minimum Gasteiger partial charge on any atom is -0.491 e. The molecule has 1 N–H and O–H groups in total. The van der Waals surface area contributed by atoms with Gasteiger partial charge in [-0.1, -0.05) is 13.8 Å². The molecule has 0 saturated heterocycles. The molecule has 3 atom stereocenters. The van der Waals surface area contributed by atoms with E-state index in [1.54, 1.807) is 30.1 Å². The second kappa shape index (κ2) is 12.4. The molecule has 1 aromatic carbocycles. The van der Waals surface area contributed by atoms with Crippen molar-refractivity contribution >= 4 is 17.5 Å². The molecule has 2 amide bonds. The molecule has 1 aliphatic rings. The highest BCUT2D eigenvalue weighted by atomic mass is 19.4. The predicted octanol–water partition coefficient (Wildman–Crippen LogP) is 4.18. The molecule has 0 radical (unpaired) electrons. The fraction of sp³-hybridized carbons (Fsp3) is 0.667. The number of nitrogens with one attached hydrogen (secondary N) is 1. The van der Waals surface area contributed by atoms with Gasteiger partial charge in [0.2, 0.25) is 5.91 Å². The van der Waals surface area contributed by atoms with Gasteiger partial charge < -0.3 is 19.7 Å². The molecule has 0 saturated carbocycles. The van der Waals surface area contributed by atoms with Crippen molar-refractivity contribution in [1.82, 2.24) is 9.80 Å². The number of likely N-dealkylation sites (N-methyl/N-ethyl adjacent to an activating group) is 1. The van der Waals surface area contributed by atoms with E-state index in [2.05, 4.69) is 5.32 Å². The van der Waals surface area contributed by atoms with Crippen molar-refractivity contribution < 1.29 is 32.2 Å². The maximum atomic E-state index is 13.3. The smallest absolute Gasteiger partial charge is 0.390 e. The molecule has 34 heavy (non-hydrogen) atoms. The minimum absolute atomic E-state index is 0.105. The molecule has 1 heterocycles. The normalized spacial score (nSPS) is 22.9. The molecule has 192 valence electrons. The maximum absolute atomic E-state index is 13.3. The Morgan fingerprint density at radius 3 is 2.59 bits per heavy atom. The van der Waals surface area contributed by atoms with Gasteiger partial charge >= 0.3 is 6.18 Å². The van der Waals surface area contributed by atoms with Gasteiger partial charge in [0.15, 0.2) is 0 Å². The van der Waals surface area contributed by atoms with Gasteiger partial charge in [-0.3, -0.25) is 14.5 Å². The number of hydrogen-bond acceptors (Lipinski definition) is 5. The van der Waals surface area contributed by atoms with Crippen LogP contribution in [0.15, 0.2) is 18.2 Å². The van der Waals surface area contributed by atoms with Crippen LogP contribution in [0.3, 0.4) is 0 Å². The van der Waals surface area contributed by atoms with E-state index < -0.39 is 12.6 Å². The number of anilines is 1. The van der Waals surface area contributed by atoms with Crippen molar-refractivity contribution in [3.63, 3.8) is 0 Å². The summed E-state index contributed by atoms with van der Waals surface area (Å²) in [5.41, 5.74) is 0.750. The van der Waals surface area contributed by atoms with Gasteiger partial charge in [0.1, 0.15) is 12.4 Å². The molecule has 2 rings (SSSR count). The number of rotatable bonds is 6. The lowest BCUT2D eigenvalue weighted by atomic mass is 10.0. The van der Waals surface area contributed by atoms with Crippen LogP contribution < -0.4 is 10.1 Å². The number of carbonyl (C=O) groups is 2. The fourth-order valence-corrected chi connectivity index (χ4v) is 3.96. The molecular weight excluding hydrogens is 451 g/mol. The minimum atomic E-state index is -4.26. The standard InChI is InChI=1S/C24H36F3N3O4/c1-6-7-22(31)28-18-8-9-20-19(12-18)23(32)29(4)14-21(33-5)16(2)13-30(17(3)15-34-20)11-10-24(25,26)27/h8-9,12,16-17,21H,6-7,10-11,13-15H2,1-5H3,(H,28,31)/t16-,17+,21-/m0/s1. The number of methoxy groups -OCH3 is 1. The van der Waals surface area contributed by atoms with E-state index >= 15 is 0 Å². The van der Waals surface area contributed by atoms with Crippen LogP contribution in [0.2, 0.25) is 0 Å². The zero-order chi connectivity index (χ0) is 25.5. The number of nitrogens with zero attached hydrogens (tertiary/aromatic N) is 2. The first kappa shape index (κ1) is 27.9. The van der Waals surface area contributed by atoms with Gasteiger partial charge in [-0.25, -0.2) is 0 Å². The Morgan fingerprint density at radius 2 is 1.97 bits per heavy atom. The summed E-state index contributed by atoms with van der Waals surface area (Å²) in [6.07, 6.45) is -4.49. The summed E-state index contributed by atoms with van der Waals surface area (Å²) in [5.74, 6) is -0.262. The second-order valence-corrected chi connectivity index (χ2v) is 8.97. The summed E-state index contributed by atoms with van der Waals surface area (Å²) in [7, 11) is 3.18. The molecule has 7 nitrogen and oxygen atoms in total. The van der Waals surface area contributed by atoms with Gasteiger partial charge in [0, 0.05) is 51.9 Å². The highest BCUT2D eigenvalue weighted by molar-refractivity contribution is 5.99. The van der Waals surface area contributed by atoms with E-state index in [0.29, 0.717) is 30.8 Å². The first-order valence-corrected chi connectivity index (χ1v) is 11.6. The van der Waals surface area contributed by atoms with Crippen molar-refractivity contribution in [3.05, 3.63) is 23.8 Å². The Bertz CT molecular complexity index is 834. The van der Waals surface area contributed by atoms with Crippen molar-refractivity contribution in [1.29, 1.82) is 0 Å². The number of ether oxygens (including phenoxy) is 2. The third-order valence-electron chi connectivity index (χ3n) is 6.02. The number of amides is 2. The van der Waals surface area contributed by atoms with Crippen LogP contribution in [0.5, 0.6) is 5.75 Å². The molecular formula is C24H36F3N3O4. The molecule has 0 bridgehead atoms. The van der Waals surface area contributed by atoms with Gasteiger partial charge in [0.05, 0.1) is 18.1 Å². The van der Waals surface area contributed by atoms with Gasteiger partial charge in [-0.15, -0.1) is 0 Å². The first-order valence-electron chi connectivity index (χ1n) is 11.6. The number of halogens is 3. The van der Waals surface area contributed by atoms with Crippen molar-refractivity contribution in [3.8, 4) is 5.75 Å². The quantitative estimate of drug-likeness (QED) is 0.652. The number of carbonyl (C=O) groups excluding carboxylic acids is 2. The summed E-state index contributed by atoms with van der Waals surface area (Å²) in [6, 6.07) is 4.51. The predicted molar refractivity (Wildman–Crippen MR) is 124 cm³/mol. The van der Waals surface area contributed by atoms with Crippen molar-refractivity contribution in [2.45, 2.75) is 58.4 Å². The Balaban J connectivity index is 2.37. The van der Waals surface area contributed by atoms with E-state index in [9.17, 15) is 22.8 Å². The molecule has 0 spiro atoms. The molecule has 1 aromatic rings. The third-order valence-corrected chi connectivity index (χ3v) is 6.02. The third kappa shape index (κ3) is 8.16. The van der Waals surface area contributed by atoms with Gasteiger partial charge in [0.25, 0.3) is 5.91 Å². The van der Waals surface area contributed by atoms with Crippen LogP contribution in [-0.4, -0.2) is 80.3 Å². The lowest BCUT2D eigenvalue weighted by molar-refractivity contribution is -0.140. The Labute approximate surface area is 199 Å². The highest BCUT2D eigenvalue weighted by Crippen LogP contribution is 2.27. The van der Waals surface area contributed by atoms with Crippen LogP contribution in [0.1, 0.15) is 50.4 Å². The van der Waals surface area contributed by atoms with Gasteiger partial charge in [-0.2, -0.15) is 13.2 Å². The lowest BCUT2D eigenvalue weighted by Gasteiger charge is -2.36. The Kier molecular flexibility index (Phi) is 10.2. The molecule has 0 aromatic heterocycles. The second-order valence-electron chi connectivity index (χ2n) is 8.97. The summed E-state index contributed by atoms with van der Waals surface area (Å²) in [6.45, 7) is 6.19. The largest absolute Gasteiger partial charge is 0.491 e. The van der Waals surface area contributed by atoms with E-state index in [4.69, 9.17) is 9.47 Å². The number of benzene rings is 1. The summed E-state index contributed by atoms with van der Waals surface area (Å²) < 4.78 is 50.4. The van der Waals surface area contributed by atoms with Crippen molar-refractivity contribution in [2.75, 3.05) is 45.7 Å². The highest BCUT2D eigenvalue weighted by Gasteiger charge is 2.32. The molecule has 1 aliphatic heterocycles. The first-order chi connectivity index (χ1) is 15.9. The molecule has 0 unspecified atom stereocenters. The summed E-state index contributed by atoms with van der Waals surface area (Å²) in [5, 5.41) is 2.78. The SMILES string of the molecule is CCCC(=O)Nc1ccc2c(c1)C(=O)N(C)C[C@H](OC)[C@@H](C)CN(CCC(F)(F)F)[C@H](C)CO2. The number of hydrogen-bond donors (Lipinski definition) is 1.